The first-order valence-electron chi connectivity index (χ1n) is 12.3. The fourth-order valence-electron chi connectivity index (χ4n) is 4.74. The van der Waals surface area contributed by atoms with Gasteiger partial charge >= 0.3 is 0 Å². The molecule has 182 valence electrons. The molecule has 0 aliphatic carbocycles. The summed E-state index contributed by atoms with van der Waals surface area (Å²) >= 11 is 0. The molecule has 7 heteroatoms. The van der Waals surface area contributed by atoms with E-state index in [-0.39, 0.29) is 11.9 Å². The first kappa shape index (κ1) is 23.2. The highest BCUT2D eigenvalue weighted by Crippen LogP contribution is 2.39. The smallest absolute Gasteiger partial charge is 0.259 e. The van der Waals surface area contributed by atoms with E-state index in [1.54, 1.807) is 11.1 Å². The maximum absolute atomic E-state index is 13.5. The van der Waals surface area contributed by atoms with Gasteiger partial charge in [0.05, 0.1) is 5.69 Å². The van der Waals surface area contributed by atoms with Crippen molar-refractivity contribution in [1.29, 1.82) is 0 Å². The second kappa shape index (κ2) is 10.4. The van der Waals surface area contributed by atoms with E-state index in [0.29, 0.717) is 31.1 Å². The molecule has 35 heavy (non-hydrogen) atoms. The molecule has 1 amide bonds. The zero-order chi connectivity index (χ0) is 24.2. The van der Waals surface area contributed by atoms with Gasteiger partial charge in [-0.3, -0.25) is 14.6 Å². The molecule has 1 saturated heterocycles. The number of aryl methyl sites for hydroxylation is 1. The average molecular weight is 473 g/mol. The van der Waals surface area contributed by atoms with Gasteiger partial charge in [0.2, 0.25) is 0 Å². The number of carbonyl (C=O) groups is 1. The molecule has 2 aliphatic heterocycles. The minimum absolute atomic E-state index is 0.0257. The topological polar surface area (TPSA) is 58.1 Å². The summed E-state index contributed by atoms with van der Waals surface area (Å²) in [6.45, 7) is 9.54. The maximum Gasteiger partial charge on any atom is 0.259 e. The van der Waals surface area contributed by atoms with E-state index in [4.69, 9.17) is 9.47 Å². The maximum atomic E-state index is 13.5. The van der Waals surface area contributed by atoms with Crippen LogP contribution in [0.4, 0.5) is 11.5 Å². The number of fused-ring (bicyclic) bond motifs is 1. The number of aromatic nitrogens is 1. The molecule has 2 aromatic carbocycles. The Labute approximate surface area is 206 Å². The van der Waals surface area contributed by atoms with Crippen molar-refractivity contribution >= 4 is 17.4 Å². The van der Waals surface area contributed by atoms with Crippen LogP contribution in [-0.4, -0.2) is 67.8 Å². The summed E-state index contributed by atoms with van der Waals surface area (Å²) in [7, 11) is 0. The number of ether oxygens (including phenoxy) is 2. The van der Waals surface area contributed by atoms with Gasteiger partial charge in [-0.25, -0.2) is 4.98 Å². The van der Waals surface area contributed by atoms with Gasteiger partial charge in [-0.1, -0.05) is 29.8 Å². The molecule has 0 bridgehead atoms. The second-order valence-electron chi connectivity index (χ2n) is 9.14. The molecule has 2 aliphatic rings. The Hall–Kier alpha value is -3.58. The Morgan fingerprint density at radius 1 is 0.971 bits per heavy atom. The van der Waals surface area contributed by atoms with E-state index in [2.05, 4.69) is 27.8 Å². The van der Waals surface area contributed by atoms with E-state index in [1.807, 2.05) is 61.5 Å². The zero-order valence-corrected chi connectivity index (χ0v) is 20.4. The lowest BCUT2D eigenvalue weighted by Gasteiger charge is -2.41. The summed E-state index contributed by atoms with van der Waals surface area (Å²) < 4.78 is 11.7. The molecular formula is C28H32N4O3. The van der Waals surface area contributed by atoms with Crippen molar-refractivity contribution in [2.75, 3.05) is 55.7 Å². The van der Waals surface area contributed by atoms with Gasteiger partial charge in [0, 0.05) is 50.5 Å². The fraction of sp³-hybridized carbons (Fsp3) is 0.357. The zero-order valence-electron chi connectivity index (χ0n) is 20.4. The van der Waals surface area contributed by atoms with Crippen molar-refractivity contribution in [3.05, 3.63) is 78.0 Å². The van der Waals surface area contributed by atoms with Gasteiger partial charge in [-0.2, -0.15) is 0 Å². The van der Waals surface area contributed by atoms with Crippen LogP contribution in [0.15, 0.2) is 66.9 Å². The van der Waals surface area contributed by atoms with Crippen LogP contribution in [0.2, 0.25) is 0 Å². The summed E-state index contributed by atoms with van der Waals surface area (Å²) in [6, 6.07) is 19.7. The van der Waals surface area contributed by atoms with Crippen molar-refractivity contribution in [2.24, 2.45) is 0 Å². The first-order chi connectivity index (χ1) is 17.1. The van der Waals surface area contributed by atoms with E-state index in [9.17, 15) is 4.79 Å². The number of anilines is 2. The minimum atomic E-state index is -0.0257. The number of rotatable bonds is 6. The molecule has 0 radical (unpaired) electrons. The normalized spacial score (nSPS) is 16.6. The predicted molar refractivity (Wildman–Crippen MR) is 138 cm³/mol. The number of nitrogens with zero attached hydrogens (tertiary/aromatic N) is 4. The van der Waals surface area contributed by atoms with Crippen molar-refractivity contribution < 1.29 is 14.3 Å². The summed E-state index contributed by atoms with van der Waals surface area (Å²) in [6.07, 6.45) is 1.74. The van der Waals surface area contributed by atoms with E-state index in [1.165, 1.54) is 0 Å². The SMILES string of the molecule is Cc1ccc(C(=O)N(C[C@H](C)N2CCN(c3cccc4c3OCCO4)CC2)c2ccccn2)cc1. The van der Waals surface area contributed by atoms with Crippen LogP contribution in [-0.2, 0) is 0 Å². The van der Waals surface area contributed by atoms with Crippen molar-refractivity contribution in [3.8, 4) is 11.5 Å². The standard InChI is InChI=1S/C28H32N4O3/c1-21-9-11-23(12-10-21)28(33)32(26-8-3-4-13-29-26)20-22(2)30-14-16-31(17-15-30)24-6-5-7-25-27(24)35-19-18-34-25/h3-13,22H,14-20H2,1-2H3/t22-/m0/s1. The van der Waals surface area contributed by atoms with E-state index < -0.39 is 0 Å². The van der Waals surface area contributed by atoms with E-state index >= 15 is 0 Å². The highest BCUT2D eigenvalue weighted by atomic mass is 16.6. The van der Waals surface area contributed by atoms with Crippen LogP contribution in [0.25, 0.3) is 0 Å². The molecule has 1 fully saturated rings. The van der Waals surface area contributed by atoms with Gasteiger partial charge in [-0.15, -0.1) is 0 Å². The van der Waals surface area contributed by atoms with Gasteiger partial charge in [0.25, 0.3) is 5.91 Å². The molecular weight excluding hydrogens is 440 g/mol. The largest absolute Gasteiger partial charge is 0.486 e. The van der Waals surface area contributed by atoms with Crippen molar-refractivity contribution in [2.45, 2.75) is 19.9 Å². The number of amides is 1. The van der Waals surface area contributed by atoms with Crippen LogP contribution in [0.3, 0.4) is 0 Å². The molecule has 0 saturated carbocycles. The predicted octanol–water partition coefficient (Wildman–Crippen LogP) is 4.02. The van der Waals surface area contributed by atoms with Gasteiger partial charge in [0.15, 0.2) is 11.5 Å². The second-order valence-corrected chi connectivity index (χ2v) is 9.14. The molecule has 0 spiro atoms. The quantitative estimate of drug-likeness (QED) is 0.540. The molecule has 1 atom stereocenters. The monoisotopic (exact) mass is 472 g/mol. The highest BCUT2D eigenvalue weighted by Gasteiger charge is 2.28. The van der Waals surface area contributed by atoms with Crippen LogP contribution in [0, 0.1) is 6.92 Å². The number of benzene rings is 2. The number of para-hydroxylation sites is 1. The third-order valence-corrected chi connectivity index (χ3v) is 6.74. The Bertz CT molecular complexity index is 1140. The number of hydrogen-bond donors (Lipinski definition) is 0. The summed E-state index contributed by atoms with van der Waals surface area (Å²) in [5.41, 5.74) is 2.90. The van der Waals surface area contributed by atoms with Gasteiger partial charge in [0.1, 0.15) is 19.0 Å². The lowest BCUT2D eigenvalue weighted by Crippen LogP contribution is -2.53. The lowest BCUT2D eigenvalue weighted by molar-refractivity contribution is 0.0973. The fourth-order valence-corrected chi connectivity index (χ4v) is 4.74. The molecule has 7 nitrogen and oxygen atoms in total. The number of carbonyl (C=O) groups excluding carboxylic acids is 1. The highest BCUT2D eigenvalue weighted by molar-refractivity contribution is 6.05. The first-order valence-corrected chi connectivity index (χ1v) is 12.3. The lowest BCUT2D eigenvalue weighted by atomic mass is 10.1. The summed E-state index contributed by atoms with van der Waals surface area (Å²) in [5, 5.41) is 0. The summed E-state index contributed by atoms with van der Waals surface area (Å²) in [4.78, 5) is 24.6. The van der Waals surface area contributed by atoms with E-state index in [0.717, 1.165) is 48.9 Å². The van der Waals surface area contributed by atoms with Crippen LogP contribution < -0.4 is 19.3 Å². The van der Waals surface area contributed by atoms with Gasteiger partial charge < -0.3 is 14.4 Å². The Balaban J connectivity index is 1.27. The molecule has 3 heterocycles. The number of piperazine rings is 1. The van der Waals surface area contributed by atoms with Crippen LogP contribution >= 0.6 is 0 Å². The van der Waals surface area contributed by atoms with Crippen LogP contribution in [0.1, 0.15) is 22.8 Å². The Kier molecular flexibility index (Phi) is 6.86. The minimum Gasteiger partial charge on any atom is -0.486 e. The van der Waals surface area contributed by atoms with Crippen molar-refractivity contribution in [1.82, 2.24) is 9.88 Å². The molecule has 1 aromatic heterocycles. The Morgan fingerprint density at radius 3 is 2.49 bits per heavy atom. The molecule has 3 aromatic rings. The third kappa shape index (κ3) is 5.10. The molecule has 5 rings (SSSR count). The van der Waals surface area contributed by atoms with Gasteiger partial charge in [-0.05, 0) is 50.2 Å². The molecule has 0 unspecified atom stereocenters. The number of hydrogen-bond acceptors (Lipinski definition) is 6. The number of pyridine rings is 1. The molecule has 0 N–H and O–H groups in total. The third-order valence-electron chi connectivity index (χ3n) is 6.74. The Morgan fingerprint density at radius 2 is 1.74 bits per heavy atom. The average Bonchev–Trinajstić information content (AvgIpc) is 2.92. The van der Waals surface area contributed by atoms with Crippen LogP contribution in [0.5, 0.6) is 11.5 Å². The summed E-state index contributed by atoms with van der Waals surface area (Å²) in [5.74, 6) is 2.33. The van der Waals surface area contributed by atoms with Crippen molar-refractivity contribution in [3.63, 3.8) is 0 Å².